The molecule has 6 nitrogen and oxygen atoms in total. The van der Waals surface area contributed by atoms with Crippen LogP contribution in [0.1, 0.15) is 41.1 Å². The molecule has 0 saturated heterocycles. The zero-order valence-corrected chi connectivity index (χ0v) is 76.3. The number of fused-ring (bicyclic) bond motifs is 16. The van der Waals surface area contributed by atoms with Crippen molar-refractivity contribution in [2.45, 2.75) is 0 Å². The van der Waals surface area contributed by atoms with E-state index < -0.39 is 133 Å². The van der Waals surface area contributed by atoms with Gasteiger partial charge in [-0.05, 0) is 301 Å². The number of benzene rings is 25. The van der Waals surface area contributed by atoms with Crippen molar-refractivity contribution in [3.8, 4) is 77.9 Å². The van der Waals surface area contributed by atoms with E-state index in [0.29, 0.717) is 39.4 Å². The quantitative estimate of drug-likeness (QED) is 0.0899. The minimum Gasteiger partial charge on any atom is -0.456 e. The molecule has 676 valence electrons. The average molecular weight is 1870 g/mol. The van der Waals surface area contributed by atoms with Crippen LogP contribution in [-0.2, 0) is 0 Å². The Morgan fingerprint density at radius 3 is 0.910 bits per heavy atom. The van der Waals surface area contributed by atoms with Crippen molar-refractivity contribution in [1.82, 2.24) is 0 Å². The summed E-state index contributed by atoms with van der Waals surface area (Å²) in [4.78, 5) is 5.81. The third-order valence-electron chi connectivity index (χ3n) is 26.2. The van der Waals surface area contributed by atoms with E-state index in [-0.39, 0.29) is 125 Å². The molecule has 0 aliphatic heterocycles. The van der Waals surface area contributed by atoms with Crippen LogP contribution in [-0.4, -0.2) is 0 Å². The van der Waals surface area contributed by atoms with Gasteiger partial charge in [0.2, 0.25) is 0 Å². The van der Waals surface area contributed by atoms with E-state index in [1.807, 2.05) is 223 Å². The van der Waals surface area contributed by atoms with Crippen LogP contribution >= 0.6 is 0 Å². The number of para-hydroxylation sites is 3. The van der Waals surface area contributed by atoms with Crippen molar-refractivity contribution in [1.29, 1.82) is 0 Å². The van der Waals surface area contributed by atoms with Gasteiger partial charge in [0.1, 0.15) is 33.5 Å². The van der Waals surface area contributed by atoms with Gasteiger partial charge in [-0.3, -0.25) is 0 Å². The average Bonchev–Trinajstić information content (AvgIpc) is 0.790. The van der Waals surface area contributed by atoms with E-state index in [1.54, 1.807) is 65.6 Å². The molecule has 0 N–H and O–H groups in total. The van der Waals surface area contributed by atoms with Gasteiger partial charge in [0.15, 0.2) is 0 Å². The van der Waals surface area contributed by atoms with Gasteiger partial charge in [-0.25, -0.2) is 0 Å². The van der Waals surface area contributed by atoms with Crippen LogP contribution < -0.4 is 14.7 Å². The van der Waals surface area contributed by atoms with E-state index in [1.165, 1.54) is 0 Å². The van der Waals surface area contributed by atoms with Gasteiger partial charge in [0.05, 0.1) is 46.8 Å². The topological polar surface area (TPSA) is 49.1 Å². The smallest absolute Gasteiger partial charge is 0.135 e. The first kappa shape index (κ1) is 59.2. The van der Waals surface area contributed by atoms with Crippen LogP contribution in [0, 0.1) is 0 Å². The molecule has 144 heavy (non-hydrogen) atoms. The normalized spacial score (nSPS) is 14.4. The monoisotopic (exact) mass is 1870 g/mol. The summed E-state index contributed by atoms with van der Waals surface area (Å²) in [6, 6.07) is 106. The largest absolute Gasteiger partial charge is 0.456 e. The van der Waals surface area contributed by atoms with E-state index in [0.717, 1.165) is 144 Å². The lowest BCUT2D eigenvalue weighted by Gasteiger charge is -2.28. The number of rotatable bonds is 16. The van der Waals surface area contributed by atoms with Gasteiger partial charge in [0, 0.05) is 83.2 Å². The summed E-state index contributed by atoms with van der Waals surface area (Å²) in [5.74, 6) is 0. The second kappa shape index (κ2) is 37.0. The van der Waals surface area contributed by atoms with Crippen LogP contribution in [0.5, 0.6) is 0 Å². The predicted molar refractivity (Wildman–Crippen MR) is 608 cm³/mol. The van der Waals surface area contributed by atoms with Crippen LogP contribution in [0.25, 0.3) is 208 Å². The number of nitrogens with zero attached hydrogens (tertiary/aromatic N) is 3. The van der Waals surface area contributed by atoms with Gasteiger partial charge in [-0.1, -0.05) is 388 Å². The molecule has 25 aromatic carbocycles. The maximum absolute atomic E-state index is 9.66. The minimum absolute atomic E-state index is 0.0203. The molecule has 0 bridgehead atoms. The summed E-state index contributed by atoms with van der Waals surface area (Å²) in [5, 5.41) is 7.15. The molecule has 0 atom stereocenters. The molecule has 0 aliphatic carbocycles. The predicted octanol–water partition coefficient (Wildman–Crippen LogP) is 39.8. The molecule has 0 radical (unpaired) electrons. The summed E-state index contributed by atoms with van der Waals surface area (Å²) < 4.78 is 277. The fraction of sp³-hybridized carbons (Fsp3) is 0. The third kappa shape index (κ3) is 16.3. The lowest BCUT2D eigenvalue weighted by molar-refractivity contribution is 0.668. The molecule has 0 unspecified atom stereocenters. The molecule has 0 amide bonds. The summed E-state index contributed by atoms with van der Waals surface area (Å²) in [6.45, 7) is 0. The zero-order chi connectivity index (χ0) is 121. The molecule has 3 heterocycles. The summed E-state index contributed by atoms with van der Waals surface area (Å²) in [6.07, 6.45) is 0. The number of furan rings is 3. The second-order valence-corrected chi connectivity index (χ2v) is 34.6. The molecule has 0 aliphatic rings. The molecular weight excluding hydrogens is 1750 g/mol. The van der Waals surface area contributed by atoms with Crippen molar-refractivity contribution in [3.05, 3.63) is 551 Å². The number of hydrogen-bond donors (Lipinski definition) is 0. The van der Waals surface area contributed by atoms with Crippen LogP contribution in [0.3, 0.4) is 0 Å². The van der Waals surface area contributed by atoms with E-state index >= 15 is 0 Å². The highest BCUT2D eigenvalue weighted by atomic mass is 16.3. The first-order valence-electron chi connectivity index (χ1n) is 61.7. The Kier molecular flexibility index (Phi) is 15.2. The Labute approximate surface area is 875 Å². The third-order valence-corrected chi connectivity index (χ3v) is 26.2. The molecular formula is C138H91N3O3. The zero-order valence-electron chi connectivity index (χ0n) is 106. The number of hydrogen-bond acceptors (Lipinski definition) is 6. The Bertz CT molecular complexity index is 11700. The summed E-state index contributed by atoms with van der Waals surface area (Å²) in [7, 11) is 0. The first-order chi connectivity index (χ1) is 83.8. The SMILES string of the molecule is [2H]c1c([2H])c([2H])c2c(-c3ccc(N(c4ccc(-c5ccccc5)cc4)c4ccc(-c5ccc6oc7ccccc7c6c5)cc4)cc3)c([2H])c([2H])c([2H])c2c1[2H].[2H]c1c([2H])c([2H])c2c([2H])c(-c3ccc(N(c4ccc(-c5ccc6oc7ccccc7c6c5)cc4)c4ccc(-c5c([2H])c([2H])c([2H])c6c([2H])c([2H])c([2H])c([2H])c56)cc4)cc3)c([2H])c([2H])c2c1[2H].[2H]c1c([2H])c([2H])c2c(c1[2H])c([2H])c(N(c1ccc(-c3ccc4oc5ccccc5c4c3)cc1)c1ccc3ccccc3c1)c1c([2H])c([2H])c([2H])c([2H])c12. The van der Waals surface area contributed by atoms with Gasteiger partial charge < -0.3 is 28.0 Å². The number of anilines is 9. The van der Waals surface area contributed by atoms with Crippen molar-refractivity contribution < 1.29 is 54.4 Å². The molecule has 28 aromatic rings. The Morgan fingerprint density at radius 1 is 0.146 bits per heavy atom. The molecule has 0 spiro atoms. The fourth-order valence-corrected chi connectivity index (χ4v) is 19.1. The van der Waals surface area contributed by atoms with Gasteiger partial charge in [-0.15, -0.1) is 0 Å². The summed E-state index contributed by atoms with van der Waals surface area (Å²) >= 11 is 0. The van der Waals surface area contributed by atoms with Gasteiger partial charge in [-0.2, -0.15) is 0 Å². The van der Waals surface area contributed by atoms with E-state index in [2.05, 4.69) is 95.9 Å². The van der Waals surface area contributed by atoms with Crippen LogP contribution in [0.2, 0.25) is 0 Å². The maximum atomic E-state index is 9.66. The van der Waals surface area contributed by atoms with E-state index in [9.17, 15) is 1.37 Å². The Morgan fingerprint density at radius 2 is 0.458 bits per heavy atom. The van der Waals surface area contributed by atoms with Crippen molar-refractivity contribution in [2.75, 3.05) is 14.7 Å². The van der Waals surface area contributed by atoms with E-state index in [4.69, 9.17) is 53.0 Å². The maximum Gasteiger partial charge on any atom is 0.135 e. The van der Waals surface area contributed by atoms with Crippen molar-refractivity contribution >= 4 is 182 Å². The first-order valence-corrected chi connectivity index (χ1v) is 46.7. The second-order valence-electron chi connectivity index (χ2n) is 34.6. The molecule has 0 saturated carbocycles. The highest BCUT2D eigenvalue weighted by Gasteiger charge is 2.23. The Hall–Kier alpha value is -19.1. The van der Waals surface area contributed by atoms with Crippen molar-refractivity contribution in [2.24, 2.45) is 0 Å². The molecule has 0 fully saturated rings. The molecule has 6 heteroatoms. The minimum atomic E-state index is -0.549. The fourth-order valence-electron chi connectivity index (χ4n) is 19.1. The van der Waals surface area contributed by atoms with Crippen LogP contribution in [0.4, 0.5) is 51.2 Å². The van der Waals surface area contributed by atoms with Crippen molar-refractivity contribution in [3.63, 3.8) is 0 Å². The standard InChI is InChI=1S/C50H33NO.C46H31NO.C42H27NO/c1-2-10-39-32-40(17-16-34(39)8-1)35-18-25-42(26-19-35)51(44-29-22-38(23-30-44)46-14-7-11-37-9-3-4-12-45(37)46)43-27-20-36(21-28-43)41-24-31-50-48(33-41)47-13-5-6-15-49(47)52-50;1-2-9-32(10-3-1)33-17-24-38(25-18-33)47(40-28-21-36(22-29-40)42-15-8-12-35-11-4-5-13-41(35)42)39-26-19-34(20-27-39)37-23-30-46-44(31-37)43-14-6-7-16-45(43)48-46;1-2-10-30-25-34(23-19-28(30)9-1)43(40-27-32-11-3-4-12-35(32)36-13-5-6-14-37(36)40)33-21-17-29(18-22-33)31-20-24-42-39(26-31)38-15-7-8-16-41(38)44-42/h1-33H;1-31H;1-27H/i1D,2D,3D,4D,7D,8D,9D,10D,11D,12D,14D,16D,17D,32D;4D,5D,8D,11D,12D,13D,15D;3D,4D,5D,6D,11D,12D,13D,14D,27D. The lowest BCUT2D eigenvalue weighted by Crippen LogP contribution is -2.10. The lowest BCUT2D eigenvalue weighted by atomic mass is 9.98. The van der Waals surface area contributed by atoms with Gasteiger partial charge in [0.25, 0.3) is 0 Å². The Balaban J connectivity index is 0.000000127. The van der Waals surface area contributed by atoms with Gasteiger partial charge >= 0.3 is 0 Å². The van der Waals surface area contributed by atoms with Crippen LogP contribution in [0.15, 0.2) is 565 Å². The summed E-state index contributed by atoms with van der Waals surface area (Å²) in [5.41, 5.74) is 20.4. The highest BCUT2D eigenvalue weighted by Crippen LogP contribution is 2.48. The molecule has 3 aromatic heterocycles. The molecule has 28 rings (SSSR count). The highest BCUT2D eigenvalue weighted by molar-refractivity contribution is 6.16.